The van der Waals surface area contributed by atoms with Crippen molar-refractivity contribution < 1.29 is 9.53 Å². The van der Waals surface area contributed by atoms with Crippen molar-refractivity contribution in [1.82, 2.24) is 5.32 Å². The Morgan fingerprint density at radius 1 is 1.54 bits per heavy atom. The monoisotopic (exact) mass is 185 g/mol. The summed E-state index contributed by atoms with van der Waals surface area (Å²) in [6.07, 6.45) is 3.12. The number of methoxy groups -OCH3 is 1. The van der Waals surface area contributed by atoms with Crippen molar-refractivity contribution in [2.75, 3.05) is 13.7 Å². The van der Waals surface area contributed by atoms with Gasteiger partial charge in [0.05, 0.1) is 7.11 Å². The first-order valence-electron chi connectivity index (χ1n) is 5.04. The second-order valence-corrected chi connectivity index (χ2v) is 3.62. The quantitative estimate of drug-likeness (QED) is 0.657. The first-order valence-corrected chi connectivity index (χ1v) is 5.04. The summed E-state index contributed by atoms with van der Waals surface area (Å²) in [5.74, 6) is 0.393. The van der Waals surface area contributed by atoms with Gasteiger partial charge < -0.3 is 10.1 Å². The minimum Gasteiger partial charge on any atom is -0.468 e. The molecule has 3 heteroatoms. The van der Waals surface area contributed by atoms with E-state index in [1.165, 1.54) is 7.11 Å². The van der Waals surface area contributed by atoms with Gasteiger partial charge in [-0.25, -0.2) is 0 Å². The summed E-state index contributed by atoms with van der Waals surface area (Å²) in [5.41, 5.74) is -0.399. The highest BCUT2D eigenvalue weighted by Crippen LogP contribution is 2.42. The lowest BCUT2D eigenvalue weighted by Gasteiger charge is -2.30. The lowest BCUT2D eigenvalue weighted by Crippen LogP contribution is -2.54. The van der Waals surface area contributed by atoms with Gasteiger partial charge in [0.15, 0.2) is 0 Å². The summed E-state index contributed by atoms with van der Waals surface area (Å²) in [6, 6.07) is 0. The van der Waals surface area contributed by atoms with E-state index in [2.05, 4.69) is 5.32 Å². The number of carbonyl (C=O) groups is 1. The first kappa shape index (κ1) is 10.5. The Morgan fingerprint density at radius 2 is 2.15 bits per heavy atom. The molecule has 1 fully saturated rings. The number of rotatable bonds is 5. The van der Waals surface area contributed by atoms with E-state index < -0.39 is 5.54 Å². The Morgan fingerprint density at radius 3 is 2.46 bits per heavy atom. The van der Waals surface area contributed by atoms with Crippen LogP contribution in [0.3, 0.4) is 0 Å². The summed E-state index contributed by atoms with van der Waals surface area (Å²) < 4.78 is 4.86. The number of ether oxygens (including phenoxy) is 1. The van der Waals surface area contributed by atoms with Crippen molar-refractivity contribution in [3.05, 3.63) is 0 Å². The predicted molar refractivity (Wildman–Crippen MR) is 51.4 cm³/mol. The van der Waals surface area contributed by atoms with E-state index in [1.54, 1.807) is 0 Å². The van der Waals surface area contributed by atoms with Crippen LogP contribution in [0, 0.1) is 5.92 Å². The standard InChI is InChI=1S/C10H19NO2/c1-4-10(11-5-2,8-6-7-8)9(12)13-3/h8,11H,4-7H2,1-3H3. The molecular formula is C10H19NO2. The van der Waals surface area contributed by atoms with Gasteiger partial charge in [-0.3, -0.25) is 4.79 Å². The summed E-state index contributed by atoms with van der Waals surface area (Å²) in [7, 11) is 1.46. The molecule has 1 unspecified atom stereocenters. The topological polar surface area (TPSA) is 38.3 Å². The zero-order valence-electron chi connectivity index (χ0n) is 8.72. The van der Waals surface area contributed by atoms with E-state index >= 15 is 0 Å². The summed E-state index contributed by atoms with van der Waals surface area (Å²) in [6.45, 7) is 4.88. The number of nitrogens with one attached hydrogen (secondary N) is 1. The van der Waals surface area contributed by atoms with Crippen LogP contribution in [0.2, 0.25) is 0 Å². The van der Waals surface area contributed by atoms with Crippen LogP contribution in [0.4, 0.5) is 0 Å². The molecule has 0 aromatic heterocycles. The smallest absolute Gasteiger partial charge is 0.326 e. The molecular weight excluding hydrogens is 166 g/mol. The van der Waals surface area contributed by atoms with E-state index in [4.69, 9.17) is 4.74 Å². The van der Waals surface area contributed by atoms with Gasteiger partial charge in [0.2, 0.25) is 0 Å². The second-order valence-electron chi connectivity index (χ2n) is 3.62. The minimum atomic E-state index is -0.399. The highest BCUT2D eigenvalue weighted by molar-refractivity contribution is 5.81. The molecule has 0 aromatic rings. The highest BCUT2D eigenvalue weighted by Gasteiger charge is 2.49. The van der Waals surface area contributed by atoms with Gasteiger partial charge in [0, 0.05) is 0 Å². The molecule has 76 valence electrons. The first-order chi connectivity index (χ1) is 6.21. The van der Waals surface area contributed by atoms with Crippen molar-refractivity contribution in [3.8, 4) is 0 Å². The maximum atomic E-state index is 11.7. The molecule has 1 rings (SSSR count). The lowest BCUT2D eigenvalue weighted by atomic mass is 9.90. The van der Waals surface area contributed by atoms with Gasteiger partial charge in [-0.15, -0.1) is 0 Å². The Labute approximate surface area is 79.8 Å². The third-order valence-electron chi connectivity index (χ3n) is 2.87. The van der Waals surface area contributed by atoms with Crippen molar-refractivity contribution >= 4 is 5.97 Å². The third-order valence-corrected chi connectivity index (χ3v) is 2.87. The van der Waals surface area contributed by atoms with E-state index in [1.807, 2.05) is 13.8 Å². The molecule has 1 aliphatic rings. The number of hydrogen-bond acceptors (Lipinski definition) is 3. The molecule has 0 bridgehead atoms. The molecule has 1 N–H and O–H groups in total. The van der Waals surface area contributed by atoms with E-state index in [0.29, 0.717) is 5.92 Å². The molecule has 1 atom stereocenters. The van der Waals surface area contributed by atoms with E-state index in [-0.39, 0.29) is 5.97 Å². The second kappa shape index (κ2) is 4.09. The van der Waals surface area contributed by atoms with Crippen molar-refractivity contribution in [2.45, 2.75) is 38.6 Å². The van der Waals surface area contributed by atoms with Crippen LogP contribution in [0.1, 0.15) is 33.1 Å². The third kappa shape index (κ3) is 1.85. The molecule has 1 aliphatic carbocycles. The maximum absolute atomic E-state index is 11.7. The fourth-order valence-corrected chi connectivity index (χ4v) is 2.01. The molecule has 0 saturated heterocycles. The van der Waals surface area contributed by atoms with Crippen LogP contribution in [-0.4, -0.2) is 25.2 Å². The molecule has 0 radical (unpaired) electrons. The fourth-order valence-electron chi connectivity index (χ4n) is 2.01. The molecule has 0 spiro atoms. The largest absolute Gasteiger partial charge is 0.468 e. The van der Waals surface area contributed by atoms with Crippen LogP contribution >= 0.6 is 0 Å². The molecule has 0 amide bonds. The molecule has 3 nitrogen and oxygen atoms in total. The zero-order chi connectivity index (χ0) is 9.90. The Bertz CT molecular complexity index is 189. The molecule has 0 aromatic carbocycles. The maximum Gasteiger partial charge on any atom is 0.326 e. The number of esters is 1. The molecule has 0 aliphatic heterocycles. The Balaban J connectivity index is 2.74. The average molecular weight is 185 g/mol. The van der Waals surface area contributed by atoms with Crippen LogP contribution < -0.4 is 5.32 Å². The number of hydrogen-bond donors (Lipinski definition) is 1. The van der Waals surface area contributed by atoms with Crippen molar-refractivity contribution in [1.29, 1.82) is 0 Å². The molecule has 0 heterocycles. The van der Waals surface area contributed by atoms with Gasteiger partial charge in [0.25, 0.3) is 0 Å². The number of carbonyl (C=O) groups excluding carboxylic acids is 1. The van der Waals surface area contributed by atoms with Gasteiger partial charge in [0.1, 0.15) is 5.54 Å². The fraction of sp³-hybridized carbons (Fsp3) is 0.900. The van der Waals surface area contributed by atoms with Crippen LogP contribution in [0.25, 0.3) is 0 Å². The normalized spacial score (nSPS) is 20.8. The van der Waals surface area contributed by atoms with Crippen molar-refractivity contribution in [3.63, 3.8) is 0 Å². The van der Waals surface area contributed by atoms with Gasteiger partial charge in [-0.2, -0.15) is 0 Å². The zero-order valence-corrected chi connectivity index (χ0v) is 8.72. The van der Waals surface area contributed by atoms with E-state index in [9.17, 15) is 4.79 Å². The van der Waals surface area contributed by atoms with E-state index in [0.717, 1.165) is 25.8 Å². The van der Waals surface area contributed by atoms with Gasteiger partial charge in [-0.05, 0) is 31.7 Å². The SMILES string of the molecule is CCNC(CC)(C(=O)OC)C1CC1. The minimum absolute atomic E-state index is 0.0978. The summed E-state index contributed by atoms with van der Waals surface area (Å²) in [5, 5.41) is 3.28. The van der Waals surface area contributed by atoms with Crippen LogP contribution in [-0.2, 0) is 9.53 Å². The molecule has 1 saturated carbocycles. The average Bonchev–Trinajstić information content (AvgIpc) is 2.96. The van der Waals surface area contributed by atoms with Gasteiger partial charge in [-0.1, -0.05) is 13.8 Å². The summed E-state index contributed by atoms with van der Waals surface area (Å²) >= 11 is 0. The number of likely N-dealkylation sites (N-methyl/N-ethyl adjacent to an activating group) is 1. The van der Waals surface area contributed by atoms with Crippen LogP contribution in [0.15, 0.2) is 0 Å². The summed E-state index contributed by atoms with van der Waals surface area (Å²) in [4.78, 5) is 11.7. The van der Waals surface area contributed by atoms with Crippen LogP contribution in [0.5, 0.6) is 0 Å². The predicted octanol–water partition coefficient (Wildman–Crippen LogP) is 1.33. The van der Waals surface area contributed by atoms with Gasteiger partial charge >= 0.3 is 5.97 Å². The molecule has 13 heavy (non-hydrogen) atoms. The Hall–Kier alpha value is -0.570. The Kier molecular flexibility index (Phi) is 3.31. The lowest BCUT2D eigenvalue weighted by molar-refractivity contribution is -0.150. The van der Waals surface area contributed by atoms with Crippen molar-refractivity contribution in [2.24, 2.45) is 5.92 Å². The highest BCUT2D eigenvalue weighted by atomic mass is 16.5.